The normalized spacial score (nSPS) is 21.7. The Morgan fingerprint density at radius 2 is 2.04 bits per heavy atom. The number of amides is 2. The Labute approximate surface area is 161 Å². The van der Waals surface area contributed by atoms with E-state index in [1.54, 1.807) is 12.1 Å². The van der Waals surface area contributed by atoms with Gasteiger partial charge in [0.25, 0.3) is 0 Å². The molecule has 2 fully saturated rings. The summed E-state index contributed by atoms with van der Waals surface area (Å²) in [7, 11) is 0. The quantitative estimate of drug-likeness (QED) is 0.731. The monoisotopic (exact) mass is 384 g/mol. The molecule has 0 radical (unpaired) electrons. The van der Waals surface area contributed by atoms with Gasteiger partial charge in [-0.15, -0.1) is 12.4 Å². The Balaban J connectivity index is 0.00000243. The number of nitrogens with one attached hydrogen (secondary N) is 3. The Morgan fingerprint density at radius 1 is 1.23 bits per heavy atom. The van der Waals surface area contributed by atoms with Gasteiger partial charge < -0.3 is 20.9 Å². The SMILES string of the molecule is Cl.O=C(NCC1CCCN(CC2CCNCC2)C1)Nc1cccc(F)c1. The molecule has 2 aliphatic rings. The second kappa shape index (κ2) is 10.7. The lowest BCUT2D eigenvalue weighted by Crippen LogP contribution is -2.44. The summed E-state index contributed by atoms with van der Waals surface area (Å²) in [5.41, 5.74) is 0.480. The van der Waals surface area contributed by atoms with Gasteiger partial charge in [-0.25, -0.2) is 9.18 Å². The summed E-state index contributed by atoms with van der Waals surface area (Å²) in [4.78, 5) is 14.6. The molecule has 146 valence electrons. The van der Waals surface area contributed by atoms with Crippen molar-refractivity contribution < 1.29 is 9.18 Å². The topological polar surface area (TPSA) is 56.4 Å². The molecule has 1 atom stereocenters. The number of likely N-dealkylation sites (tertiary alicyclic amines) is 1. The van der Waals surface area contributed by atoms with Crippen LogP contribution in [0.5, 0.6) is 0 Å². The first kappa shape index (κ1) is 20.9. The molecule has 2 saturated heterocycles. The zero-order chi connectivity index (χ0) is 17.5. The number of rotatable bonds is 5. The Kier molecular flexibility index (Phi) is 8.62. The Hall–Kier alpha value is -1.37. The molecule has 3 N–H and O–H groups in total. The summed E-state index contributed by atoms with van der Waals surface area (Å²) in [5, 5.41) is 9.04. The van der Waals surface area contributed by atoms with Crippen LogP contribution in [0.2, 0.25) is 0 Å². The molecule has 3 rings (SSSR count). The fraction of sp³-hybridized carbons (Fsp3) is 0.632. The largest absolute Gasteiger partial charge is 0.338 e. The summed E-state index contributed by atoms with van der Waals surface area (Å²) in [6.45, 7) is 6.38. The minimum Gasteiger partial charge on any atom is -0.338 e. The minimum absolute atomic E-state index is 0. The van der Waals surface area contributed by atoms with Crippen molar-refractivity contribution in [3.05, 3.63) is 30.1 Å². The summed E-state index contributed by atoms with van der Waals surface area (Å²) in [6, 6.07) is 5.69. The van der Waals surface area contributed by atoms with Gasteiger partial charge in [-0.2, -0.15) is 0 Å². The fourth-order valence-electron chi connectivity index (χ4n) is 3.89. The van der Waals surface area contributed by atoms with E-state index in [0.717, 1.165) is 32.0 Å². The van der Waals surface area contributed by atoms with E-state index in [0.29, 0.717) is 18.2 Å². The van der Waals surface area contributed by atoms with E-state index in [9.17, 15) is 9.18 Å². The average Bonchev–Trinajstić information content (AvgIpc) is 2.61. The molecule has 1 aromatic carbocycles. The number of hydrogen-bond donors (Lipinski definition) is 3. The molecule has 5 nitrogen and oxygen atoms in total. The highest BCUT2D eigenvalue weighted by Gasteiger charge is 2.23. The van der Waals surface area contributed by atoms with Gasteiger partial charge in [0.05, 0.1) is 0 Å². The number of nitrogens with zero attached hydrogens (tertiary/aromatic N) is 1. The maximum atomic E-state index is 13.1. The molecular weight excluding hydrogens is 355 g/mol. The first-order valence-electron chi connectivity index (χ1n) is 9.42. The summed E-state index contributed by atoms with van der Waals surface area (Å²) in [5.74, 6) is 0.955. The average molecular weight is 385 g/mol. The molecule has 26 heavy (non-hydrogen) atoms. The molecule has 2 amide bonds. The Morgan fingerprint density at radius 3 is 2.81 bits per heavy atom. The first-order valence-corrected chi connectivity index (χ1v) is 9.42. The lowest BCUT2D eigenvalue weighted by Gasteiger charge is -2.36. The maximum absolute atomic E-state index is 13.1. The van der Waals surface area contributed by atoms with E-state index in [-0.39, 0.29) is 24.3 Å². The molecular formula is C19H30ClFN4O. The van der Waals surface area contributed by atoms with Crippen molar-refractivity contribution >= 4 is 24.1 Å². The highest BCUT2D eigenvalue weighted by molar-refractivity contribution is 5.89. The number of piperidine rings is 2. The van der Waals surface area contributed by atoms with E-state index in [4.69, 9.17) is 0 Å². The number of anilines is 1. The van der Waals surface area contributed by atoms with E-state index >= 15 is 0 Å². The van der Waals surface area contributed by atoms with Crippen LogP contribution in [0.25, 0.3) is 0 Å². The standard InChI is InChI=1S/C19H29FN4O.ClH/c20-17-4-1-5-18(11-17)23-19(25)22-12-16-3-2-10-24(14-16)13-15-6-8-21-9-7-15;/h1,4-5,11,15-16,21H,2-3,6-10,12-14H2,(H2,22,23,25);1H. The van der Waals surface area contributed by atoms with Crippen LogP contribution in [0.4, 0.5) is 14.9 Å². The maximum Gasteiger partial charge on any atom is 0.319 e. The third-order valence-corrected chi connectivity index (χ3v) is 5.21. The van der Waals surface area contributed by atoms with Crippen molar-refractivity contribution in [3.8, 4) is 0 Å². The van der Waals surface area contributed by atoms with Crippen LogP contribution in [-0.2, 0) is 0 Å². The molecule has 7 heteroatoms. The van der Waals surface area contributed by atoms with Crippen LogP contribution >= 0.6 is 12.4 Å². The van der Waals surface area contributed by atoms with Crippen LogP contribution in [0.1, 0.15) is 25.7 Å². The molecule has 1 aromatic rings. The highest BCUT2D eigenvalue weighted by atomic mass is 35.5. The highest BCUT2D eigenvalue weighted by Crippen LogP contribution is 2.20. The zero-order valence-corrected chi connectivity index (χ0v) is 16.0. The van der Waals surface area contributed by atoms with E-state index < -0.39 is 0 Å². The summed E-state index contributed by atoms with van der Waals surface area (Å²) >= 11 is 0. The van der Waals surface area contributed by atoms with E-state index in [1.165, 1.54) is 44.5 Å². The molecule has 2 aliphatic heterocycles. The molecule has 0 saturated carbocycles. The minimum atomic E-state index is -0.348. The van der Waals surface area contributed by atoms with Crippen molar-refractivity contribution in [2.75, 3.05) is 44.6 Å². The van der Waals surface area contributed by atoms with Gasteiger partial charge >= 0.3 is 6.03 Å². The summed E-state index contributed by atoms with van der Waals surface area (Å²) < 4.78 is 13.1. The van der Waals surface area contributed by atoms with Crippen LogP contribution in [-0.4, -0.2) is 50.2 Å². The van der Waals surface area contributed by atoms with Crippen molar-refractivity contribution in [1.29, 1.82) is 0 Å². The number of carbonyl (C=O) groups excluding carboxylic acids is 1. The van der Waals surface area contributed by atoms with Crippen LogP contribution < -0.4 is 16.0 Å². The van der Waals surface area contributed by atoms with Crippen LogP contribution in [0, 0.1) is 17.7 Å². The number of urea groups is 1. The predicted molar refractivity (Wildman–Crippen MR) is 105 cm³/mol. The molecule has 2 heterocycles. The van der Waals surface area contributed by atoms with Gasteiger partial charge in [0, 0.05) is 25.3 Å². The molecule has 1 unspecified atom stereocenters. The second-order valence-electron chi connectivity index (χ2n) is 7.31. The van der Waals surface area contributed by atoms with Gasteiger partial charge in [-0.1, -0.05) is 6.07 Å². The predicted octanol–water partition coefficient (Wildman–Crippen LogP) is 3.08. The zero-order valence-electron chi connectivity index (χ0n) is 15.2. The number of benzene rings is 1. The third-order valence-electron chi connectivity index (χ3n) is 5.21. The smallest absolute Gasteiger partial charge is 0.319 e. The van der Waals surface area contributed by atoms with Crippen molar-refractivity contribution in [2.24, 2.45) is 11.8 Å². The van der Waals surface area contributed by atoms with Crippen molar-refractivity contribution in [2.45, 2.75) is 25.7 Å². The molecule has 0 aliphatic carbocycles. The second-order valence-corrected chi connectivity index (χ2v) is 7.31. The van der Waals surface area contributed by atoms with Gasteiger partial charge in [0.15, 0.2) is 0 Å². The lowest BCUT2D eigenvalue weighted by molar-refractivity contribution is 0.139. The van der Waals surface area contributed by atoms with Crippen molar-refractivity contribution in [1.82, 2.24) is 15.5 Å². The van der Waals surface area contributed by atoms with Crippen LogP contribution in [0.3, 0.4) is 0 Å². The van der Waals surface area contributed by atoms with Gasteiger partial charge in [0.1, 0.15) is 5.82 Å². The molecule has 0 aromatic heterocycles. The van der Waals surface area contributed by atoms with Gasteiger partial charge in [-0.05, 0) is 75.4 Å². The summed E-state index contributed by atoms with van der Waals surface area (Å²) in [6.07, 6.45) is 4.90. The van der Waals surface area contributed by atoms with E-state index in [1.807, 2.05) is 0 Å². The number of halogens is 2. The number of hydrogen-bond acceptors (Lipinski definition) is 3. The number of carbonyl (C=O) groups is 1. The Bertz CT molecular complexity index is 568. The van der Waals surface area contributed by atoms with Gasteiger partial charge in [0.2, 0.25) is 0 Å². The molecule has 0 spiro atoms. The van der Waals surface area contributed by atoms with Crippen LogP contribution in [0.15, 0.2) is 24.3 Å². The van der Waals surface area contributed by atoms with E-state index in [2.05, 4.69) is 20.9 Å². The first-order chi connectivity index (χ1) is 12.2. The van der Waals surface area contributed by atoms with Gasteiger partial charge in [-0.3, -0.25) is 0 Å². The molecule has 0 bridgehead atoms. The lowest BCUT2D eigenvalue weighted by atomic mass is 9.93. The fourth-order valence-corrected chi connectivity index (χ4v) is 3.89. The third kappa shape index (κ3) is 6.74. The van der Waals surface area contributed by atoms with Crippen molar-refractivity contribution in [3.63, 3.8) is 0 Å².